The summed E-state index contributed by atoms with van der Waals surface area (Å²) in [5.41, 5.74) is 0.0368. The molecule has 13 N–H and O–H groups in total. The molecule has 0 aromatic carbocycles. The molecular weight excluding hydrogens is 586 g/mol. The molecule has 3 heterocycles. The lowest BCUT2D eigenvalue weighted by molar-refractivity contribution is -0.365. The van der Waals surface area contributed by atoms with Gasteiger partial charge >= 0.3 is 0 Å². The van der Waals surface area contributed by atoms with Crippen molar-refractivity contribution < 1.29 is 85.0 Å². The maximum atomic E-state index is 10.9. The molecule has 43 heavy (non-hydrogen) atoms. The van der Waals surface area contributed by atoms with Gasteiger partial charge < -0.3 is 90.3 Å². The predicted octanol–water partition coefficient (Wildman–Crippen LogP) is -7.54. The van der Waals surface area contributed by atoms with Crippen LogP contribution in [0.1, 0.15) is 13.3 Å². The molecule has 1 aliphatic carbocycles. The third-order valence-electron chi connectivity index (χ3n) is 8.37. The number of nitrogens with one attached hydrogen (secondary N) is 1. The van der Waals surface area contributed by atoms with E-state index in [2.05, 4.69) is 5.32 Å². The molecule has 0 bridgehead atoms. The van der Waals surface area contributed by atoms with E-state index in [0.29, 0.717) is 0 Å². The summed E-state index contributed by atoms with van der Waals surface area (Å²) < 4.78 is 27.7. The van der Waals surface area contributed by atoms with Gasteiger partial charge in [0.1, 0.15) is 67.1 Å². The van der Waals surface area contributed by atoms with Crippen molar-refractivity contribution in [2.24, 2.45) is 0 Å². The number of hydrogen-bond donors (Lipinski definition) is 13. The Morgan fingerprint density at radius 3 is 2.00 bits per heavy atom. The maximum Gasteiger partial charge on any atom is 0.187 e. The standard InChI is InChI=1S/C25H43NO17/c1-7-14(26-9-2-8(4-27)15(31)18(34)16(9)32)17(33)20(36)24(39-7)43-22-13(6-29)42-25(21(37)19(22)35)41-11-3-10(30)23(38)40-12(11)5-28/h2,7,9-38H,3-6H2,1H3. The SMILES string of the molecule is CC1OC(OC2C(CO)OC(OC3CC(O)C(O)OC3CO)C(O)C2O)C(O)C(O)C1NC1C=C(CO)C(O)C(O)C1O. The molecule has 18 heteroatoms. The van der Waals surface area contributed by atoms with Crippen LogP contribution in [-0.2, 0) is 23.7 Å². The molecule has 3 saturated heterocycles. The van der Waals surface area contributed by atoms with Crippen molar-refractivity contribution in [3.63, 3.8) is 0 Å². The second kappa shape index (κ2) is 14.6. The normalized spacial score (nSPS) is 51.2. The molecule has 4 aliphatic rings. The quantitative estimate of drug-likeness (QED) is 0.105. The minimum absolute atomic E-state index is 0.0368. The summed E-state index contributed by atoms with van der Waals surface area (Å²) in [7, 11) is 0. The molecule has 18 nitrogen and oxygen atoms in total. The summed E-state index contributed by atoms with van der Waals surface area (Å²) in [4.78, 5) is 0. The first-order valence-electron chi connectivity index (χ1n) is 14.0. The van der Waals surface area contributed by atoms with Gasteiger partial charge in [-0.1, -0.05) is 6.08 Å². The van der Waals surface area contributed by atoms with E-state index in [1.165, 1.54) is 13.0 Å². The van der Waals surface area contributed by atoms with Crippen LogP contribution in [0.2, 0.25) is 0 Å². The van der Waals surface area contributed by atoms with Crippen molar-refractivity contribution in [2.75, 3.05) is 19.8 Å². The third-order valence-corrected chi connectivity index (χ3v) is 8.37. The third kappa shape index (κ3) is 7.22. The van der Waals surface area contributed by atoms with Crippen molar-refractivity contribution in [1.82, 2.24) is 5.32 Å². The van der Waals surface area contributed by atoms with E-state index in [4.69, 9.17) is 23.7 Å². The molecule has 0 aromatic heterocycles. The van der Waals surface area contributed by atoms with Gasteiger partial charge in [0.25, 0.3) is 0 Å². The van der Waals surface area contributed by atoms with E-state index < -0.39 is 130 Å². The molecule has 0 amide bonds. The van der Waals surface area contributed by atoms with E-state index >= 15 is 0 Å². The monoisotopic (exact) mass is 629 g/mol. The van der Waals surface area contributed by atoms with Gasteiger partial charge in [-0.25, -0.2) is 0 Å². The summed E-state index contributed by atoms with van der Waals surface area (Å²) in [6, 6.07) is -2.12. The minimum Gasteiger partial charge on any atom is -0.394 e. The molecule has 250 valence electrons. The topological polar surface area (TPSA) is 301 Å². The number of aliphatic hydroxyl groups excluding tert-OH is 12. The van der Waals surface area contributed by atoms with Gasteiger partial charge in [-0.15, -0.1) is 0 Å². The summed E-state index contributed by atoms with van der Waals surface area (Å²) in [5.74, 6) is 0. The second-order valence-electron chi connectivity index (χ2n) is 11.3. The first kappa shape index (κ1) is 34.9. The highest BCUT2D eigenvalue weighted by Gasteiger charge is 2.52. The average Bonchev–Trinajstić information content (AvgIpc) is 2.98. The molecule has 0 saturated carbocycles. The fourth-order valence-electron chi connectivity index (χ4n) is 5.76. The summed E-state index contributed by atoms with van der Waals surface area (Å²) >= 11 is 0. The van der Waals surface area contributed by atoms with Gasteiger partial charge in [0.2, 0.25) is 0 Å². The van der Waals surface area contributed by atoms with Crippen LogP contribution in [0.15, 0.2) is 11.6 Å². The maximum absolute atomic E-state index is 10.9. The highest BCUT2D eigenvalue weighted by molar-refractivity contribution is 5.22. The molecule has 18 unspecified atom stereocenters. The molecule has 18 atom stereocenters. The number of aliphatic hydroxyl groups is 12. The van der Waals surface area contributed by atoms with Gasteiger partial charge in [0, 0.05) is 6.42 Å². The molecule has 0 spiro atoms. The summed E-state index contributed by atoms with van der Waals surface area (Å²) in [5, 5.41) is 125. The molecule has 3 aliphatic heterocycles. The number of hydrogen-bond acceptors (Lipinski definition) is 18. The van der Waals surface area contributed by atoms with E-state index in [1.807, 2.05) is 0 Å². The van der Waals surface area contributed by atoms with Gasteiger partial charge in [0.05, 0.1) is 44.1 Å². The van der Waals surface area contributed by atoms with Crippen LogP contribution in [0.25, 0.3) is 0 Å². The van der Waals surface area contributed by atoms with E-state index in [-0.39, 0.29) is 12.0 Å². The fraction of sp³-hybridized carbons (Fsp3) is 0.920. The van der Waals surface area contributed by atoms with Crippen molar-refractivity contribution in [3.05, 3.63) is 11.6 Å². The summed E-state index contributed by atoms with van der Waals surface area (Å²) in [6.45, 7) is -0.481. The Morgan fingerprint density at radius 2 is 1.37 bits per heavy atom. The van der Waals surface area contributed by atoms with Gasteiger partial charge in [-0.3, -0.25) is 0 Å². The molecule has 4 rings (SSSR count). The van der Waals surface area contributed by atoms with Gasteiger partial charge in [-0.2, -0.15) is 0 Å². The second-order valence-corrected chi connectivity index (χ2v) is 11.3. The van der Waals surface area contributed by atoms with Crippen molar-refractivity contribution in [2.45, 2.75) is 124 Å². The lowest BCUT2D eigenvalue weighted by Crippen LogP contribution is -2.68. The minimum atomic E-state index is -1.81. The van der Waals surface area contributed by atoms with Crippen LogP contribution >= 0.6 is 0 Å². The highest BCUT2D eigenvalue weighted by Crippen LogP contribution is 2.32. The van der Waals surface area contributed by atoms with Crippen molar-refractivity contribution in [1.29, 1.82) is 0 Å². The van der Waals surface area contributed by atoms with Crippen LogP contribution in [0.4, 0.5) is 0 Å². The molecule has 0 aromatic rings. The zero-order valence-electron chi connectivity index (χ0n) is 23.2. The van der Waals surface area contributed by atoms with E-state index in [0.717, 1.165) is 0 Å². The Kier molecular flexibility index (Phi) is 11.9. The van der Waals surface area contributed by atoms with Crippen LogP contribution in [0.3, 0.4) is 0 Å². The fourth-order valence-corrected chi connectivity index (χ4v) is 5.76. The smallest absolute Gasteiger partial charge is 0.187 e. The Labute approximate surface area is 245 Å². The molecular formula is C25H43NO17. The van der Waals surface area contributed by atoms with Crippen molar-refractivity contribution in [3.8, 4) is 0 Å². The first-order valence-corrected chi connectivity index (χ1v) is 14.0. The van der Waals surface area contributed by atoms with Crippen LogP contribution < -0.4 is 5.32 Å². The van der Waals surface area contributed by atoms with E-state index in [9.17, 15) is 61.3 Å². The molecule has 3 fully saturated rings. The van der Waals surface area contributed by atoms with Crippen LogP contribution in [-0.4, -0.2) is 191 Å². The zero-order valence-corrected chi connectivity index (χ0v) is 23.2. The zero-order chi connectivity index (χ0) is 31.7. The number of rotatable bonds is 9. The van der Waals surface area contributed by atoms with Crippen LogP contribution in [0, 0.1) is 0 Å². The van der Waals surface area contributed by atoms with Crippen molar-refractivity contribution >= 4 is 0 Å². The van der Waals surface area contributed by atoms with Gasteiger partial charge in [0.15, 0.2) is 18.9 Å². The van der Waals surface area contributed by atoms with E-state index in [1.54, 1.807) is 0 Å². The Morgan fingerprint density at radius 1 is 0.744 bits per heavy atom. The lowest BCUT2D eigenvalue weighted by Gasteiger charge is -2.48. The summed E-state index contributed by atoms with van der Waals surface area (Å²) in [6.07, 6.45) is -22.7. The Bertz CT molecular complexity index is 928. The largest absolute Gasteiger partial charge is 0.394 e. The number of ether oxygens (including phenoxy) is 5. The Hall–Kier alpha value is -0.980. The lowest BCUT2D eigenvalue weighted by atomic mass is 9.86. The van der Waals surface area contributed by atoms with Gasteiger partial charge in [-0.05, 0) is 12.5 Å². The Balaban J connectivity index is 1.41. The average molecular weight is 630 g/mol. The first-order chi connectivity index (χ1) is 20.3. The molecule has 0 radical (unpaired) electrons. The highest BCUT2D eigenvalue weighted by atomic mass is 16.7. The van der Waals surface area contributed by atoms with Crippen LogP contribution in [0.5, 0.6) is 0 Å². The predicted molar refractivity (Wildman–Crippen MR) is 136 cm³/mol.